The van der Waals surface area contributed by atoms with Crippen molar-refractivity contribution in [3.8, 4) is 5.75 Å². The lowest BCUT2D eigenvalue weighted by Gasteiger charge is -2.37. The lowest BCUT2D eigenvalue weighted by Crippen LogP contribution is -2.47. The monoisotopic (exact) mass is 647 g/mol. The van der Waals surface area contributed by atoms with E-state index in [1.54, 1.807) is 54.1 Å². The first-order valence-corrected chi connectivity index (χ1v) is 16.3. The Hall–Kier alpha value is -3.21. The van der Waals surface area contributed by atoms with Crippen LogP contribution in [0.3, 0.4) is 0 Å². The second kappa shape index (κ2) is 13.6. The number of aromatic amines is 1. The molecular weight excluding hydrogens is 616 g/mol. The number of para-hydroxylation sites is 1. The first-order chi connectivity index (χ1) is 20.6. The number of carbonyl (C=O) groups excluding carboxylic acids is 3. The summed E-state index contributed by atoms with van der Waals surface area (Å²) in [5.74, 6) is -0.832. The van der Waals surface area contributed by atoms with Crippen LogP contribution in [0.15, 0.2) is 54.7 Å². The van der Waals surface area contributed by atoms with Crippen molar-refractivity contribution in [1.82, 2.24) is 25.3 Å². The number of nitrogens with zero attached hydrogens (tertiary/aromatic N) is 2. The van der Waals surface area contributed by atoms with Gasteiger partial charge in [-0.1, -0.05) is 47.5 Å². The predicted molar refractivity (Wildman–Crippen MR) is 162 cm³/mol. The van der Waals surface area contributed by atoms with Gasteiger partial charge in [-0.15, -0.1) is 0 Å². The number of piperidine rings is 1. The lowest BCUT2D eigenvalue weighted by atomic mass is 10.0. The molecule has 1 aliphatic carbocycles. The molecule has 14 heteroatoms. The zero-order chi connectivity index (χ0) is 30.6. The first-order valence-electron chi connectivity index (χ1n) is 14.0. The fourth-order valence-corrected chi connectivity index (χ4v) is 7.44. The molecule has 1 unspecified atom stereocenters. The molecule has 1 amide bonds. The number of benzene rings is 2. The minimum atomic E-state index is -3.73. The van der Waals surface area contributed by atoms with Crippen LogP contribution in [0.1, 0.15) is 59.0 Å². The molecule has 2 aromatic carbocycles. The fourth-order valence-electron chi connectivity index (χ4n) is 4.74. The molecule has 1 aromatic heterocycles. The maximum Gasteiger partial charge on any atom is 0.393 e. The lowest BCUT2D eigenvalue weighted by molar-refractivity contribution is -0.146. The van der Waals surface area contributed by atoms with Gasteiger partial charge in [-0.3, -0.25) is 19.5 Å². The summed E-state index contributed by atoms with van der Waals surface area (Å²) >= 11 is 12.4. The van der Waals surface area contributed by atoms with Crippen molar-refractivity contribution in [2.75, 3.05) is 13.1 Å². The molecule has 0 radical (unpaired) electrons. The maximum atomic E-state index is 14.2. The van der Waals surface area contributed by atoms with Crippen molar-refractivity contribution >= 4 is 48.5 Å². The van der Waals surface area contributed by atoms with Crippen molar-refractivity contribution < 1.29 is 28.2 Å². The van der Waals surface area contributed by atoms with Crippen LogP contribution in [0.5, 0.6) is 5.75 Å². The van der Waals surface area contributed by atoms with Crippen molar-refractivity contribution in [1.29, 1.82) is 0 Å². The van der Waals surface area contributed by atoms with Gasteiger partial charge in [0.05, 0.1) is 21.8 Å². The summed E-state index contributed by atoms with van der Waals surface area (Å²) in [4.78, 5) is 38.6. The molecule has 228 valence electrons. The number of hydrogen-bond donors (Lipinski definition) is 3. The number of ketones is 1. The third-order valence-corrected chi connectivity index (χ3v) is 10.2. The highest BCUT2D eigenvalue weighted by atomic mass is 35.5. The van der Waals surface area contributed by atoms with E-state index in [1.165, 1.54) is 6.20 Å². The summed E-state index contributed by atoms with van der Waals surface area (Å²) in [5.41, 5.74) is 0.770. The van der Waals surface area contributed by atoms with Crippen LogP contribution in [0.2, 0.25) is 10.0 Å². The number of H-pyrrole nitrogens is 1. The van der Waals surface area contributed by atoms with E-state index < -0.39 is 25.6 Å². The van der Waals surface area contributed by atoms with Crippen LogP contribution in [0.4, 0.5) is 0 Å². The third-order valence-electron chi connectivity index (χ3n) is 7.21. The molecule has 1 aliphatic heterocycles. The zero-order valence-electron chi connectivity index (χ0n) is 23.4. The summed E-state index contributed by atoms with van der Waals surface area (Å²) in [5, 5.41) is 13.0. The highest BCUT2D eigenvalue weighted by molar-refractivity contribution is 7.54. The zero-order valence-corrected chi connectivity index (χ0v) is 25.8. The Bertz CT molecular complexity index is 1500. The van der Waals surface area contributed by atoms with Crippen molar-refractivity contribution in [3.63, 3.8) is 0 Å². The van der Waals surface area contributed by atoms with E-state index in [1.807, 2.05) is 6.07 Å². The smallest absolute Gasteiger partial charge is 0.393 e. The molecule has 11 nitrogen and oxygen atoms in total. The van der Waals surface area contributed by atoms with Crippen molar-refractivity contribution in [2.45, 2.75) is 57.2 Å². The van der Waals surface area contributed by atoms with E-state index in [0.29, 0.717) is 37.2 Å². The van der Waals surface area contributed by atoms with Gasteiger partial charge in [0.15, 0.2) is 5.78 Å². The van der Waals surface area contributed by atoms with Gasteiger partial charge in [0.25, 0.3) is 5.91 Å². The average molecular weight is 648 g/mol. The Kier molecular flexibility index (Phi) is 9.88. The van der Waals surface area contributed by atoms with Crippen molar-refractivity contribution in [3.05, 3.63) is 81.6 Å². The molecule has 1 saturated heterocycles. The van der Waals surface area contributed by atoms with E-state index >= 15 is 0 Å². The van der Waals surface area contributed by atoms with Crippen LogP contribution >= 0.6 is 30.9 Å². The molecule has 5 rings (SSSR count). The molecule has 3 N–H and O–H groups in total. The Morgan fingerprint density at radius 2 is 1.72 bits per heavy atom. The van der Waals surface area contributed by atoms with Crippen molar-refractivity contribution in [2.24, 2.45) is 0 Å². The van der Waals surface area contributed by atoms with Gasteiger partial charge in [0, 0.05) is 31.1 Å². The summed E-state index contributed by atoms with van der Waals surface area (Å²) in [6.45, 7) is 2.25. The summed E-state index contributed by atoms with van der Waals surface area (Å²) in [7, 11) is -3.73. The number of hydrogen-bond acceptors (Lipinski definition) is 7. The Morgan fingerprint density at radius 1 is 1.05 bits per heavy atom. The van der Waals surface area contributed by atoms with Crippen LogP contribution < -0.4 is 14.9 Å². The first kappa shape index (κ1) is 31.2. The number of halogens is 2. The molecule has 0 bridgehead atoms. The van der Waals surface area contributed by atoms with Crippen LogP contribution in [0, 0.1) is 0 Å². The fraction of sp³-hybridized carbons (Fsp3) is 0.379. The molecule has 2 fully saturated rings. The minimum absolute atomic E-state index is 0.0759. The van der Waals surface area contributed by atoms with Gasteiger partial charge >= 0.3 is 13.6 Å². The van der Waals surface area contributed by atoms with E-state index in [0.717, 1.165) is 12.8 Å². The molecule has 1 saturated carbocycles. The highest BCUT2D eigenvalue weighted by Crippen LogP contribution is 2.49. The number of nitrogens with one attached hydrogen (secondary N) is 3. The minimum Gasteiger partial charge on any atom is -0.461 e. The number of rotatable bonds is 12. The molecule has 0 spiro atoms. The number of Topliss-reactive ketones (excluding diaryl/α,β-unsaturated/α-hetero) is 1. The van der Waals surface area contributed by atoms with Gasteiger partial charge in [-0.2, -0.15) is 5.10 Å². The molecule has 2 atom stereocenters. The number of carbonyl (C=O) groups is 3. The summed E-state index contributed by atoms with van der Waals surface area (Å²) < 4.78 is 27.3. The number of ether oxygens (including phenoxy) is 1. The average Bonchev–Trinajstić information content (AvgIpc) is 3.67. The SMILES string of the molecule is C[C@H](NP(=O)(Oc1ccccc1)N1CCC(NC(=O)c2[nH]ncc2CC(=O)c2c(Cl)cccc2Cl)CC1)C(=O)OC1CC1. The van der Waals surface area contributed by atoms with Gasteiger partial charge in [0.2, 0.25) is 0 Å². The number of amides is 1. The Morgan fingerprint density at radius 3 is 2.37 bits per heavy atom. The largest absolute Gasteiger partial charge is 0.461 e. The molecule has 43 heavy (non-hydrogen) atoms. The molecule has 2 aliphatic rings. The molecule has 3 aromatic rings. The highest BCUT2D eigenvalue weighted by Gasteiger charge is 2.40. The number of aromatic nitrogens is 2. The Balaban J connectivity index is 1.21. The molecular formula is C29H32Cl2N5O6P. The maximum absolute atomic E-state index is 14.2. The quantitative estimate of drug-likeness (QED) is 0.137. The van der Waals surface area contributed by atoms with Crippen LogP contribution in [-0.2, 0) is 20.5 Å². The van der Waals surface area contributed by atoms with E-state index in [2.05, 4.69) is 20.6 Å². The predicted octanol–water partition coefficient (Wildman–Crippen LogP) is 5.21. The van der Waals surface area contributed by atoms with Gasteiger partial charge < -0.3 is 14.6 Å². The summed E-state index contributed by atoms with van der Waals surface area (Å²) in [6, 6.07) is 12.5. The Labute approximate surface area is 259 Å². The van der Waals surface area contributed by atoms with Crippen LogP contribution in [-0.4, -0.2) is 63.8 Å². The number of esters is 1. The second-order valence-corrected chi connectivity index (χ2v) is 13.4. The molecule has 2 heterocycles. The van der Waals surface area contributed by atoms with Gasteiger partial charge in [0.1, 0.15) is 23.6 Å². The van der Waals surface area contributed by atoms with E-state index in [-0.39, 0.29) is 45.7 Å². The third kappa shape index (κ3) is 7.85. The standard InChI is InChI=1S/C29H32Cl2N5O6P/c1-18(29(39)41-21-10-11-21)35-43(40,42-22-6-3-2-4-7-22)36-14-12-20(13-15-36)33-28(38)27-19(17-32-34-27)16-25(37)26-23(30)8-5-9-24(26)31/h2-9,17-18,20-21H,10-16H2,1H3,(H,32,34)(H,33,38)(H,35,40)/t18-,43?/m0/s1. The van der Waals surface area contributed by atoms with E-state index in [4.69, 9.17) is 32.5 Å². The van der Waals surface area contributed by atoms with Gasteiger partial charge in [-0.25, -0.2) is 14.3 Å². The van der Waals surface area contributed by atoms with Gasteiger partial charge in [-0.05, 0) is 56.9 Å². The second-order valence-electron chi connectivity index (χ2n) is 10.6. The topological polar surface area (TPSA) is 143 Å². The summed E-state index contributed by atoms with van der Waals surface area (Å²) in [6.07, 6.45) is 3.84. The van der Waals surface area contributed by atoms with Crippen LogP contribution in [0.25, 0.3) is 0 Å². The normalized spacial score (nSPS) is 17.9. The van der Waals surface area contributed by atoms with E-state index in [9.17, 15) is 18.9 Å².